The molecule has 122 valence electrons. The predicted octanol–water partition coefficient (Wildman–Crippen LogP) is 5.47. The smallest absolute Gasteiger partial charge is 0.266 e. The second-order valence-electron chi connectivity index (χ2n) is 7.38. The minimum Gasteiger partial charge on any atom is -0.306 e. The topological polar surface area (TPSA) is 3.24 Å². The Hall–Kier alpha value is -0.440. The second-order valence-corrected chi connectivity index (χ2v) is 7.38. The van der Waals surface area contributed by atoms with Crippen molar-refractivity contribution in [2.24, 2.45) is 17.8 Å². The van der Waals surface area contributed by atoms with Crippen LogP contribution in [-0.2, 0) is 0 Å². The van der Waals surface area contributed by atoms with Crippen molar-refractivity contribution in [2.45, 2.75) is 70.3 Å². The Morgan fingerprint density at radius 3 is 1.90 bits per heavy atom. The van der Waals surface area contributed by atoms with Crippen LogP contribution in [0.3, 0.4) is 0 Å². The second kappa shape index (κ2) is 8.26. The van der Waals surface area contributed by atoms with Gasteiger partial charge in [-0.1, -0.05) is 12.8 Å². The highest BCUT2D eigenvalue weighted by atomic mass is 19.3. The SMILES string of the molecule is CN(C)C1CCC(C2CCC(CCC=C(F)F)CC2)CC1. The molecule has 0 spiro atoms. The van der Waals surface area contributed by atoms with E-state index in [-0.39, 0.29) is 0 Å². The maximum absolute atomic E-state index is 12.0. The van der Waals surface area contributed by atoms with Crippen molar-refractivity contribution in [2.75, 3.05) is 14.1 Å². The van der Waals surface area contributed by atoms with Crippen LogP contribution in [0.1, 0.15) is 64.2 Å². The molecule has 2 aliphatic carbocycles. The van der Waals surface area contributed by atoms with E-state index in [9.17, 15) is 8.78 Å². The number of allylic oxidation sites excluding steroid dienone is 1. The molecule has 0 saturated heterocycles. The lowest BCUT2D eigenvalue weighted by atomic mass is 9.69. The fourth-order valence-electron chi connectivity index (χ4n) is 4.47. The van der Waals surface area contributed by atoms with Gasteiger partial charge >= 0.3 is 0 Å². The molecule has 1 nitrogen and oxygen atoms in total. The largest absolute Gasteiger partial charge is 0.306 e. The van der Waals surface area contributed by atoms with Gasteiger partial charge in [-0.2, -0.15) is 8.78 Å². The molecule has 0 bridgehead atoms. The highest BCUT2D eigenvalue weighted by Gasteiger charge is 2.31. The minimum atomic E-state index is -1.51. The van der Waals surface area contributed by atoms with Gasteiger partial charge in [0.1, 0.15) is 0 Å². The highest BCUT2D eigenvalue weighted by molar-refractivity contribution is 4.86. The first-order valence-electron chi connectivity index (χ1n) is 8.74. The zero-order chi connectivity index (χ0) is 15.2. The van der Waals surface area contributed by atoms with Crippen LogP contribution in [0, 0.1) is 17.8 Å². The van der Waals surface area contributed by atoms with Crippen LogP contribution in [-0.4, -0.2) is 25.0 Å². The Kier molecular flexibility index (Phi) is 6.66. The molecule has 0 aromatic heterocycles. The van der Waals surface area contributed by atoms with Crippen LogP contribution in [0.4, 0.5) is 8.78 Å². The van der Waals surface area contributed by atoms with Crippen molar-refractivity contribution in [1.82, 2.24) is 4.90 Å². The zero-order valence-electron chi connectivity index (χ0n) is 13.7. The average molecular weight is 299 g/mol. The highest BCUT2D eigenvalue weighted by Crippen LogP contribution is 2.41. The molecule has 0 amide bonds. The van der Waals surface area contributed by atoms with Gasteiger partial charge in [-0.15, -0.1) is 0 Å². The van der Waals surface area contributed by atoms with Gasteiger partial charge in [0.2, 0.25) is 0 Å². The van der Waals surface area contributed by atoms with Gasteiger partial charge in [0.25, 0.3) is 6.08 Å². The third-order valence-corrected chi connectivity index (χ3v) is 5.90. The Labute approximate surface area is 128 Å². The van der Waals surface area contributed by atoms with E-state index in [1.165, 1.54) is 51.4 Å². The van der Waals surface area contributed by atoms with E-state index in [0.717, 1.165) is 30.4 Å². The summed E-state index contributed by atoms with van der Waals surface area (Å²) in [6.45, 7) is 0. The molecule has 0 atom stereocenters. The van der Waals surface area contributed by atoms with Crippen LogP contribution in [0.2, 0.25) is 0 Å². The monoisotopic (exact) mass is 299 g/mol. The van der Waals surface area contributed by atoms with Crippen LogP contribution in [0.5, 0.6) is 0 Å². The third kappa shape index (κ3) is 5.36. The first kappa shape index (κ1) is 16.9. The van der Waals surface area contributed by atoms with E-state index in [4.69, 9.17) is 0 Å². The summed E-state index contributed by atoms with van der Waals surface area (Å²) in [4.78, 5) is 2.38. The van der Waals surface area contributed by atoms with Gasteiger partial charge in [-0.05, 0) is 89.3 Å². The molecule has 0 aromatic rings. The summed E-state index contributed by atoms with van der Waals surface area (Å²) in [5, 5.41) is 0. The first-order valence-corrected chi connectivity index (χ1v) is 8.74. The maximum atomic E-state index is 12.0. The molecule has 2 saturated carbocycles. The molecular weight excluding hydrogens is 268 g/mol. The zero-order valence-corrected chi connectivity index (χ0v) is 13.7. The summed E-state index contributed by atoms with van der Waals surface area (Å²) >= 11 is 0. The summed E-state index contributed by atoms with van der Waals surface area (Å²) in [5.74, 6) is 2.54. The summed E-state index contributed by atoms with van der Waals surface area (Å²) in [6.07, 6.45) is 11.8. The van der Waals surface area contributed by atoms with Crippen molar-refractivity contribution < 1.29 is 8.78 Å². The standard InChI is InChI=1S/C18H31F2N/c1-21(2)17-12-10-16(11-13-17)15-8-6-14(7-9-15)4-3-5-18(19)20/h5,14-17H,3-4,6-13H2,1-2H3. The van der Waals surface area contributed by atoms with Gasteiger partial charge in [-0.3, -0.25) is 0 Å². The average Bonchev–Trinajstić information content (AvgIpc) is 2.48. The van der Waals surface area contributed by atoms with Gasteiger partial charge in [0.05, 0.1) is 0 Å². The van der Waals surface area contributed by atoms with Crippen LogP contribution >= 0.6 is 0 Å². The Bertz CT molecular complexity index is 320. The molecule has 2 aliphatic rings. The van der Waals surface area contributed by atoms with Crippen molar-refractivity contribution >= 4 is 0 Å². The summed E-state index contributed by atoms with van der Waals surface area (Å²) in [6, 6.07) is 0.792. The van der Waals surface area contributed by atoms with E-state index in [1.807, 2.05) is 0 Å². The summed E-state index contributed by atoms with van der Waals surface area (Å²) in [5.41, 5.74) is 0. The molecule has 0 aromatic carbocycles. The van der Waals surface area contributed by atoms with E-state index in [0.29, 0.717) is 12.3 Å². The lowest BCUT2D eigenvalue weighted by molar-refractivity contribution is 0.124. The molecule has 2 fully saturated rings. The Balaban J connectivity index is 1.66. The maximum Gasteiger partial charge on any atom is 0.266 e. The Morgan fingerprint density at radius 2 is 1.43 bits per heavy atom. The molecule has 0 aliphatic heterocycles. The lowest BCUT2D eigenvalue weighted by Crippen LogP contribution is -2.34. The molecule has 0 N–H and O–H groups in total. The molecule has 2 rings (SSSR count). The minimum absolute atomic E-state index is 0.561. The number of nitrogens with zero attached hydrogens (tertiary/aromatic N) is 1. The predicted molar refractivity (Wildman–Crippen MR) is 84.4 cm³/mol. The molecule has 0 unspecified atom stereocenters. The normalized spacial score (nSPS) is 34.0. The van der Waals surface area contributed by atoms with Gasteiger partial charge in [0, 0.05) is 6.04 Å². The van der Waals surface area contributed by atoms with Crippen LogP contribution < -0.4 is 0 Å². The molecule has 21 heavy (non-hydrogen) atoms. The fraction of sp³-hybridized carbons (Fsp3) is 0.889. The molecule has 0 radical (unpaired) electrons. The van der Waals surface area contributed by atoms with E-state index >= 15 is 0 Å². The fourth-order valence-corrected chi connectivity index (χ4v) is 4.47. The third-order valence-electron chi connectivity index (χ3n) is 5.90. The van der Waals surface area contributed by atoms with Crippen molar-refractivity contribution in [1.29, 1.82) is 0 Å². The first-order chi connectivity index (χ1) is 10.1. The number of halogens is 2. The van der Waals surface area contributed by atoms with Crippen molar-refractivity contribution in [3.05, 3.63) is 12.2 Å². The Morgan fingerprint density at radius 1 is 0.905 bits per heavy atom. The number of hydrogen-bond donors (Lipinski definition) is 0. The summed E-state index contributed by atoms with van der Waals surface area (Å²) in [7, 11) is 4.40. The van der Waals surface area contributed by atoms with Crippen molar-refractivity contribution in [3.8, 4) is 0 Å². The molecular formula is C18H31F2N. The van der Waals surface area contributed by atoms with E-state index in [1.54, 1.807) is 0 Å². The van der Waals surface area contributed by atoms with Crippen LogP contribution in [0.15, 0.2) is 12.2 Å². The van der Waals surface area contributed by atoms with Gasteiger partial charge in [-0.25, -0.2) is 0 Å². The summed E-state index contributed by atoms with van der Waals surface area (Å²) < 4.78 is 24.1. The molecule has 3 heteroatoms. The quantitative estimate of drug-likeness (QED) is 0.650. The van der Waals surface area contributed by atoms with Gasteiger partial charge in [0.15, 0.2) is 0 Å². The van der Waals surface area contributed by atoms with Gasteiger partial charge < -0.3 is 4.90 Å². The van der Waals surface area contributed by atoms with E-state index < -0.39 is 6.08 Å². The number of hydrogen-bond acceptors (Lipinski definition) is 1. The number of rotatable bonds is 5. The van der Waals surface area contributed by atoms with Crippen molar-refractivity contribution in [3.63, 3.8) is 0 Å². The van der Waals surface area contributed by atoms with Crippen LogP contribution in [0.25, 0.3) is 0 Å². The van der Waals surface area contributed by atoms with E-state index in [2.05, 4.69) is 19.0 Å². The molecule has 0 heterocycles. The lowest BCUT2D eigenvalue weighted by Gasteiger charge is -2.39.